The molecule has 0 radical (unpaired) electrons. The van der Waals surface area contributed by atoms with E-state index in [-0.39, 0.29) is 0 Å². The molecular formula is C18H28N2. The predicted molar refractivity (Wildman–Crippen MR) is 84.9 cm³/mol. The van der Waals surface area contributed by atoms with Crippen LogP contribution in [-0.2, 0) is 0 Å². The van der Waals surface area contributed by atoms with Gasteiger partial charge in [0.2, 0.25) is 0 Å². The third kappa shape index (κ3) is 3.34. The van der Waals surface area contributed by atoms with Crippen LogP contribution in [0.2, 0.25) is 0 Å². The average molecular weight is 272 g/mol. The molecule has 2 aliphatic carbocycles. The topological polar surface area (TPSA) is 24.9 Å². The maximum atomic E-state index is 4.42. The van der Waals surface area contributed by atoms with Gasteiger partial charge in [-0.2, -0.15) is 0 Å². The van der Waals surface area contributed by atoms with E-state index < -0.39 is 0 Å². The minimum Gasteiger partial charge on any atom is -0.381 e. The zero-order chi connectivity index (χ0) is 13.8. The van der Waals surface area contributed by atoms with Gasteiger partial charge in [-0.1, -0.05) is 44.9 Å². The first kappa shape index (κ1) is 13.9. The molecule has 0 aromatic carbocycles. The van der Waals surface area contributed by atoms with Crippen LogP contribution >= 0.6 is 0 Å². The second kappa shape index (κ2) is 6.60. The van der Waals surface area contributed by atoms with Crippen LogP contribution in [0.3, 0.4) is 0 Å². The van der Waals surface area contributed by atoms with E-state index in [9.17, 15) is 0 Å². The van der Waals surface area contributed by atoms with Crippen LogP contribution in [0, 0.1) is 18.8 Å². The van der Waals surface area contributed by atoms with Crippen molar-refractivity contribution in [3.05, 3.63) is 24.0 Å². The lowest BCUT2D eigenvalue weighted by atomic mass is 9.71. The van der Waals surface area contributed by atoms with Crippen molar-refractivity contribution in [2.24, 2.45) is 11.8 Å². The SMILES string of the molecule is Cc1ccc(NC2CCCCC2C2CCCCC2)cn1. The quantitative estimate of drug-likeness (QED) is 0.843. The molecule has 1 aromatic heterocycles. The summed E-state index contributed by atoms with van der Waals surface area (Å²) in [6.45, 7) is 2.05. The maximum Gasteiger partial charge on any atom is 0.0529 e. The smallest absolute Gasteiger partial charge is 0.0529 e. The summed E-state index contributed by atoms with van der Waals surface area (Å²) in [6, 6.07) is 4.98. The lowest BCUT2D eigenvalue weighted by molar-refractivity contribution is 0.180. The van der Waals surface area contributed by atoms with Crippen LogP contribution in [0.4, 0.5) is 5.69 Å². The Morgan fingerprint density at radius 3 is 2.45 bits per heavy atom. The fraction of sp³-hybridized carbons (Fsp3) is 0.722. The number of rotatable bonds is 3. The van der Waals surface area contributed by atoms with Crippen molar-refractivity contribution in [3.63, 3.8) is 0 Å². The first-order chi connectivity index (χ1) is 9.83. The highest BCUT2D eigenvalue weighted by Gasteiger charge is 2.32. The summed E-state index contributed by atoms with van der Waals surface area (Å²) >= 11 is 0. The molecule has 0 aliphatic heterocycles. The molecular weight excluding hydrogens is 244 g/mol. The van der Waals surface area contributed by atoms with E-state index in [1.807, 2.05) is 6.20 Å². The Morgan fingerprint density at radius 1 is 0.950 bits per heavy atom. The second-order valence-electron chi connectivity index (χ2n) is 6.79. The van der Waals surface area contributed by atoms with Gasteiger partial charge < -0.3 is 5.32 Å². The van der Waals surface area contributed by atoms with E-state index in [1.54, 1.807) is 0 Å². The molecule has 0 bridgehead atoms. The zero-order valence-corrected chi connectivity index (χ0v) is 12.8. The standard InChI is InChI=1S/C18H28N2/c1-14-11-12-16(13-19-14)20-18-10-6-5-9-17(18)15-7-3-2-4-8-15/h11-13,15,17-18,20H,2-10H2,1H3. The monoisotopic (exact) mass is 272 g/mol. The first-order valence-electron chi connectivity index (χ1n) is 8.52. The van der Waals surface area contributed by atoms with Gasteiger partial charge in [0, 0.05) is 11.7 Å². The molecule has 0 spiro atoms. The molecule has 2 nitrogen and oxygen atoms in total. The Hall–Kier alpha value is -1.05. The second-order valence-corrected chi connectivity index (χ2v) is 6.79. The van der Waals surface area contributed by atoms with Gasteiger partial charge in [0.05, 0.1) is 11.9 Å². The van der Waals surface area contributed by atoms with E-state index in [1.165, 1.54) is 63.5 Å². The number of aryl methyl sites for hydroxylation is 1. The molecule has 2 unspecified atom stereocenters. The van der Waals surface area contributed by atoms with E-state index in [2.05, 4.69) is 29.4 Å². The molecule has 2 heteroatoms. The van der Waals surface area contributed by atoms with E-state index in [0.717, 1.165) is 17.5 Å². The summed E-state index contributed by atoms with van der Waals surface area (Å²) in [6.07, 6.45) is 14.9. The first-order valence-corrected chi connectivity index (χ1v) is 8.52. The van der Waals surface area contributed by atoms with Crippen LogP contribution in [0.15, 0.2) is 18.3 Å². The number of hydrogen-bond acceptors (Lipinski definition) is 2. The predicted octanol–water partition coefficient (Wildman–Crippen LogP) is 4.94. The average Bonchev–Trinajstić information content (AvgIpc) is 2.51. The minimum absolute atomic E-state index is 0.677. The van der Waals surface area contributed by atoms with Gasteiger partial charge in [-0.05, 0) is 43.7 Å². The summed E-state index contributed by atoms with van der Waals surface area (Å²) < 4.78 is 0. The molecule has 1 N–H and O–H groups in total. The van der Waals surface area contributed by atoms with Gasteiger partial charge in [-0.15, -0.1) is 0 Å². The number of pyridine rings is 1. The van der Waals surface area contributed by atoms with Gasteiger partial charge in [0.25, 0.3) is 0 Å². The largest absolute Gasteiger partial charge is 0.381 e. The van der Waals surface area contributed by atoms with Gasteiger partial charge in [-0.3, -0.25) is 4.98 Å². The van der Waals surface area contributed by atoms with Gasteiger partial charge >= 0.3 is 0 Å². The van der Waals surface area contributed by atoms with Crippen molar-refractivity contribution < 1.29 is 0 Å². The number of anilines is 1. The summed E-state index contributed by atoms with van der Waals surface area (Å²) in [5.41, 5.74) is 2.31. The van der Waals surface area contributed by atoms with Crippen molar-refractivity contribution in [3.8, 4) is 0 Å². The van der Waals surface area contributed by atoms with Crippen molar-refractivity contribution >= 4 is 5.69 Å². The lowest BCUT2D eigenvalue weighted by Crippen LogP contribution is -2.37. The van der Waals surface area contributed by atoms with Crippen LogP contribution < -0.4 is 5.32 Å². The fourth-order valence-corrected chi connectivity index (χ4v) is 4.23. The third-order valence-corrected chi connectivity index (χ3v) is 5.34. The van der Waals surface area contributed by atoms with Crippen LogP contribution in [0.5, 0.6) is 0 Å². The molecule has 20 heavy (non-hydrogen) atoms. The van der Waals surface area contributed by atoms with Gasteiger partial charge in [0.15, 0.2) is 0 Å². The van der Waals surface area contributed by atoms with Gasteiger partial charge in [0.1, 0.15) is 0 Å². The number of nitrogens with one attached hydrogen (secondary N) is 1. The highest BCUT2D eigenvalue weighted by atomic mass is 14.9. The van der Waals surface area contributed by atoms with Crippen molar-refractivity contribution in [1.82, 2.24) is 4.98 Å². The Labute approximate surface area is 123 Å². The highest BCUT2D eigenvalue weighted by molar-refractivity contribution is 5.42. The normalized spacial score (nSPS) is 28.2. The molecule has 2 aliphatic rings. The van der Waals surface area contributed by atoms with Crippen LogP contribution in [0.25, 0.3) is 0 Å². The van der Waals surface area contributed by atoms with E-state index in [4.69, 9.17) is 0 Å². The summed E-state index contributed by atoms with van der Waals surface area (Å²) in [7, 11) is 0. The summed E-state index contributed by atoms with van der Waals surface area (Å²) in [5, 5.41) is 3.79. The van der Waals surface area contributed by atoms with E-state index in [0.29, 0.717) is 6.04 Å². The molecule has 110 valence electrons. The maximum absolute atomic E-state index is 4.42. The highest BCUT2D eigenvalue weighted by Crippen LogP contribution is 2.39. The van der Waals surface area contributed by atoms with E-state index >= 15 is 0 Å². The fourth-order valence-electron chi connectivity index (χ4n) is 4.23. The van der Waals surface area contributed by atoms with Crippen LogP contribution in [0.1, 0.15) is 63.5 Å². The molecule has 2 atom stereocenters. The Balaban J connectivity index is 1.66. The number of nitrogens with zero attached hydrogens (tertiary/aromatic N) is 1. The van der Waals surface area contributed by atoms with Crippen LogP contribution in [-0.4, -0.2) is 11.0 Å². The number of hydrogen-bond donors (Lipinski definition) is 1. The van der Waals surface area contributed by atoms with Crippen molar-refractivity contribution in [2.45, 2.75) is 70.8 Å². The molecule has 1 heterocycles. The van der Waals surface area contributed by atoms with Crippen molar-refractivity contribution in [1.29, 1.82) is 0 Å². The van der Waals surface area contributed by atoms with Crippen molar-refractivity contribution in [2.75, 3.05) is 5.32 Å². The van der Waals surface area contributed by atoms with Gasteiger partial charge in [-0.25, -0.2) is 0 Å². The minimum atomic E-state index is 0.677. The Kier molecular flexibility index (Phi) is 4.59. The molecule has 0 amide bonds. The summed E-state index contributed by atoms with van der Waals surface area (Å²) in [4.78, 5) is 4.42. The molecule has 1 aromatic rings. The molecule has 2 fully saturated rings. The Morgan fingerprint density at radius 2 is 1.70 bits per heavy atom. The Bertz CT molecular complexity index is 406. The zero-order valence-electron chi connectivity index (χ0n) is 12.8. The summed E-state index contributed by atoms with van der Waals surface area (Å²) in [5.74, 6) is 1.87. The number of aromatic nitrogens is 1. The molecule has 3 rings (SSSR count). The lowest BCUT2D eigenvalue weighted by Gasteiger charge is -2.39. The molecule has 2 saturated carbocycles. The molecule has 0 saturated heterocycles. The third-order valence-electron chi connectivity index (χ3n) is 5.34.